The third kappa shape index (κ3) is 3.68. The number of aliphatic hydroxyl groups excluding tert-OH is 1. The Bertz CT molecular complexity index is 1340. The summed E-state index contributed by atoms with van der Waals surface area (Å²) in [5, 5.41) is 22.1. The fourth-order valence-electron chi connectivity index (χ4n) is 6.84. The van der Waals surface area contributed by atoms with Gasteiger partial charge in [0.25, 0.3) is 0 Å². The van der Waals surface area contributed by atoms with Gasteiger partial charge in [-0.15, -0.1) is 0 Å². The lowest BCUT2D eigenvalue weighted by Crippen LogP contribution is -2.47. The first-order chi connectivity index (χ1) is 17.6. The predicted molar refractivity (Wildman–Crippen MR) is 134 cm³/mol. The molecule has 186 valence electrons. The van der Waals surface area contributed by atoms with Crippen molar-refractivity contribution in [3.63, 3.8) is 0 Å². The predicted octanol–water partition coefficient (Wildman–Crippen LogP) is 4.11. The molecule has 1 fully saturated rings. The number of benzene rings is 2. The van der Waals surface area contributed by atoms with Crippen molar-refractivity contribution < 1.29 is 19.4 Å². The Hall–Kier alpha value is -3.34. The quantitative estimate of drug-likeness (QED) is 0.412. The second-order valence-electron chi connectivity index (χ2n) is 10.3. The van der Waals surface area contributed by atoms with Crippen LogP contribution in [0.15, 0.2) is 48.5 Å². The van der Waals surface area contributed by atoms with E-state index in [0.717, 1.165) is 35.3 Å². The van der Waals surface area contributed by atoms with Crippen LogP contribution < -0.4 is 0 Å². The number of methoxy groups -OCH3 is 1. The summed E-state index contributed by atoms with van der Waals surface area (Å²) in [5.74, 6) is -1.09. The molecule has 3 heterocycles. The normalized spacial score (nSPS) is 27.7. The van der Waals surface area contributed by atoms with Gasteiger partial charge in [0.2, 0.25) is 0 Å². The lowest BCUT2D eigenvalue weighted by molar-refractivity contribution is -0.158. The number of hydrogen-bond donors (Lipinski definition) is 1. The lowest BCUT2D eigenvalue weighted by atomic mass is 9.67. The molecular formula is C29H31N3O4. The third-order valence-electron chi connectivity index (χ3n) is 8.50. The zero-order valence-corrected chi connectivity index (χ0v) is 20.5. The van der Waals surface area contributed by atoms with Crippen LogP contribution in [0.4, 0.5) is 0 Å². The Kier molecular flexibility index (Phi) is 5.94. The van der Waals surface area contributed by atoms with Crippen LogP contribution in [0.5, 0.6) is 0 Å². The molecule has 0 unspecified atom stereocenters. The van der Waals surface area contributed by atoms with Crippen molar-refractivity contribution in [1.29, 1.82) is 5.26 Å². The Morgan fingerprint density at radius 2 is 1.97 bits per heavy atom. The Balaban J connectivity index is 1.57. The van der Waals surface area contributed by atoms with Crippen LogP contribution in [-0.4, -0.2) is 46.8 Å². The van der Waals surface area contributed by atoms with E-state index in [1.54, 1.807) is 0 Å². The Labute approximate surface area is 210 Å². The van der Waals surface area contributed by atoms with E-state index in [9.17, 15) is 15.2 Å². The van der Waals surface area contributed by atoms with Crippen LogP contribution >= 0.6 is 0 Å². The Morgan fingerprint density at radius 1 is 1.17 bits per heavy atom. The summed E-state index contributed by atoms with van der Waals surface area (Å²) >= 11 is 0. The van der Waals surface area contributed by atoms with Crippen LogP contribution in [0.1, 0.15) is 42.2 Å². The molecule has 1 aromatic heterocycles. The number of ether oxygens (including phenoxy) is 2. The van der Waals surface area contributed by atoms with Crippen LogP contribution in [0, 0.1) is 29.2 Å². The number of para-hydroxylation sites is 2. The summed E-state index contributed by atoms with van der Waals surface area (Å²) in [7, 11) is 1.38. The molecule has 2 aromatic carbocycles. The number of nitrogens with zero attached hydrogens (tertiary/aromatic N) is 3. The molecule has 6 rings (SSSR count). The van der Waals surface area contributed by atoms with E-state index in [0.29, 0.717) is 32.5 Å². The second-order valence-corrected chi connectivity index (χ2v) is 10.3. The molecule has 7 heteroatoms. The maximum atomic E-state index is 12.9. The molecule has 3 aliphatic rings. The van der Waals surface area contributed by atoms with Gasteiger partial charge in [-0.2, -0.15) is 5.26 Å². The molecule has 2 aliphatic heterocycles. The van der Waals surface area contributed by atoms with E-state index < -0.39 is 12.0 Å². The molecule has 7 nitrogen and oxygen atoms in total. The maximum absolute atomic E-state index is 12.9. The van der Waals surface area contributed by atoms with Gasteiger partial charge in [-0.05, 0) is 55.2 Å². The van der Waals surface area contributed by atoms with E-state index in [1.807, 2.05) is 11.0 Å². The van der Waals surface area contributed by atoms with Gasteiger partial charge in [-0.1, -0.05) is 36.4 Å². The molecule has 0 radical (unpaired) electrons. The topological polar surface area (TPSA) is 87.7 Å². The van der Waals surface area contributed by atoms with E-state index in [1.165, 1.54) is 18.1 Å². The van der Waals surface area contributed by atoms with Crippen molar-refractivity contribution in [2.75, 3.05) is 20.2 Å². The van der Waals surface area contributed by atoms with E-state index in [-0.39, 0.29) is 23.9 Å². The number of carbonyl (C=O) groups is 1. The fourth-order valence-corrected chi connectivity index (χ4v) is 6.84. The average Bonchev–Trinajstić information content (AvgIpc) is 3.14. The standard InChI is InChI=1S/C29H31N3O4/c1-35-29(34)27-22-14-26-28-21(12-13-31(17-30)15-18(22)10-11-25(27)33)20-7-3-5-9-24(20)32(28)23-8-4-2-6-19(23)16-36-26/h2-9,18,22,25-27,33H,10-16H2,1H3/t18-,22+,25-,26-,27+/m0/s1. The molecular weight excluding hydrogens is 454 g/mol. The van der Waals surface area contributed by atoms with Crippen molar-refractivity contribution >= 4 is 16.9 Å². The summed E-state index contributed by atoms with van der Waals surface area (Å²) in [4.78, 5) is 14.8. The number of esters is 1. The highest BCUT2D eigenvalue weighted by Gasteiger charge is 2.46. The number of aliphatic hydroxyl groups is 1. The van der Waals surface area contributed by atoms with Gasteiger partial charge < -0.3 is 24.0 Å². The number of fused-ring (bicyclic) bond motifs is 6. The molecule has 1 N–H and O–H groups in total. The molecule has 0 saturated heterocycles. The summed E-state index contributed by atoms with van der Waals surface area (Å²) in [6.07, 6.45) is 3.99. The largest absolute Gasteiger partial charge is 0.469 e. The van der Waals surface area contributed by atoms with Crippen molar-refractivity contribution in [2.24, 2.45) is 17.8 Å². The van der Waals surface area contributed by atoms with Gasteiger partial charge in [0, 0.05) is 24.0 Å². The first-order valence-electron chi connectivity index (χ1n) is 12.8. The lowest BCUT2D eigenvalue weighted by Gasteiger charge is -2.42. The Morgan fingerprint density at radius 3 is 2.81 bits per heavy atom. The van der Waals surface area contributed by atoms with Crippen LogP contribution in [0.2, 0.25) is 0 Å². The highest BCUT2D eigenvalue weighted by Crippen LogP contribution is 2.47. The molecule has 0 amide bonds. The summed E-state index contributed by atoms with van der Waals surface area (Å²) in [6, 6.07) is 16.7. The minimum Gasteiger partial charge on any atom is -0.469 e. The highest BCUT2D eigenvalue weighted by atomic mass is 16.5. The maximum Gasteiger partial charge on any atom is 0.311 e. The SMILES string of the molecule is COC(=O)[C@@H]1[C@@H]2C[C@@H]3OCc4ccccc4-n4c3c(c3ccccc34)CCN(C#N)C[C@@H]2CC[C@@H]1O. The molecule has 3 aromatic rings. The molecule has 0 spiro atoms. The fraction of sp³-hybridized carbons (Fsp3) is 0.448. The van der Waals surface area contributed by atoms with Crippen LogP contribution in [-0.2, 0) is 27.3 Å². The average molecular weight is 486 g/mol. The molecule has 1 aliphatic carbocycles. The van der Waals surface area contributed by atoms with Gasteiger partial charge >= 0.3 is 5.97 Å². The van der Waals surface area contributed by atoms with Crippen molar-refractivity contribution in [3.8, 4) is 11.9 Å². The number of carbonyl (C=O) groups excluding carboxylic acids is 1. The summed E-state index contributed by atoms with van der Waals surface area (Å²) in [6.45, 7) is 1.65. The zero-order chi connectivity index (χ0) is 24.8. The first kappa shape index (κ1) is 23.1. The van der Waals surface area contributed by atoms with E-state index in [2.05, 4.69) is 53.2 Å². The van der Waals surface area contributed by atoms with Gasteiger partial charge in [0.15, 0.2) is 6.19 Å². The molecule has 5 atom stereocenters. The minimum atomic E-state index is -0.759. The molecule has 36 heavy (non-hydrogen) atoms. The van der Waals surface area contributed by atoms with Gasteiger partial charge in [0.05, 0.1) is 48.7 Å². The summed E-state index contributed by atoms with van der Waals surface area (Å²) in [5.41, 5.74) is 5.64. The minimum absolute atomic E-state index is 0.0887. The summed E-state index contributed by atoms with van der Waals surface area (Å²) < 4.78 is 14.2. The molecule has 0 bridgehead atoms. The van der Waals surface area contributed by atoms with Crippen LogP contribution in [0.25, 0.3) is 16.6 Å². The number of hydrogen-bond acceptors (Lipinski definition) is 6. The first-order valence-corrected chi connectivity index (χ1v) is 12.8. The number of aromatic nitrogens is 1. The van der Waals surface area contributed by atoms with Crippen LogP contribution in [0.3, 0.4) is 0 Å². The monoisotopic (exact) mass is 485 g/mol. The van der Waals surface area contributed by atoms with Crippen molar-refractivity contribution in [2.45, 2.75) is 44.5 Å². The highest BCUT2D eigenvalue weighted by molar-refractivity contribution is 5.88. The van der Waals surface area contributed by atoms with Gasteiger partial charge in [-0.25, -0.2) is 0 Å². The second kappa shape index (κ2) is 9.27. The van der Waals surface area contributed by atoms with Gasteiger partial charge in [0.1, 0.15) is 0 Å². The third-order valence-corrected chi connectivity index (χ3v) is 8.50. The zero-order valence-electron chi connectivity index (χ0n) is 20.5. The number of rotatable bonds is 1. The number of nitriles is 1. The smallest absolute Gasteiger partial charge is 0.311 e. The van der Waals surface area contributed by atoms with E-state index >= 15 is 0 Å². The van der Waals surface area contributed by atoms with Crippen molar-refractivity contribution in [3.05, 3.63) is 65.4 Å². The van der Waals surface area contributed by atoms with Crippen molar-refractivity contribution in [1.82, 2.24) is 9.47 Å². The van der Waals surface area contributed by atoms with E-state index in [4.69, 9.17) is 9.47 Å². The molecule has 1 saturated carbocycles. The van der Waals surface area contributed by atoms with Gasteiger partial charge in [-0.3, -0.25) is 4.79 Å².